The summed E-state index contributed by atoms with van der Waals surface area (Å²) in [6.07, 6.45) is 3.16. The van der Waals surface area contributed by atoms with E-state index in [-0.39, 0.29) is 5.91 Å². The van der Waals surface area contributed by atoms with Crippen molar-refractivity contribution < 1.29 is 19.0 Å². The second kappa shape index (κ2) is 9.13. The van der Waals surface area contributed by atoms with Gasteiger partial charge in [-0.05, 0) is 43.3 Å². The summed E-state index contributed by atoms with van der Waals surface area (Å²) in [7, 11) is 3.11. The molecule has 0 heterocycles. The summed E-state index contributed by atoms with van der Waals surface area (Å²) in [4.78, 5) is 12.2. The number of nitrogens with one attached hydrogen (secondary N) is 1. The molecule has 0 fully saturated rings. The smallest absolute Gasteiger partial charge is 0.248 e. The lowest BCUT2D eigenvalue weighted by atomic mass is 10.2. The van der Waals surface area contributed by atoms with Crippen molar-refractivity contribution in [3.05, 3.63) is 52.5 Å². The Bertz CT molecular complexity index is 774. The number of methoxy groups -OCH3 is 2. The molecule has 0 unspecified atom stereocenters. The van der Waals surface area contributed by atoms with Crippen LogP contribution in [-0.2, 0) is 4.79 Å². The fraction of sp³-hybridized carbons (Fsp3) is 0.211. The predicted molar refractivity (Wildman–Crippen MR) is 103 cm³/mol. The third-order valence-corrected chi connectivity index (χ3v) is 3.85. The van der Waals surface area contributed by atoms with Gasteiger partial charge >= 0.3 is 0 Å². The summed E-state index contributed by atoms with van der Waals surface area (Å²) in [6.45, 7) is 2.47. The zero-order valence-electron chi connectivity index (χ0n) is 14.3. The summed E-state index contributed by atoms with van der Waals surface area (Å²) < 4.78 is 16.9. The van der Waals surface area contributed by atoms with Crippen LogP contribution in [0.15, 0.2) is 46.9 Å². The zero-order chi connectivity index (χ0) is 18.2. The van der Waals surface area contributed by atoms with Crippen LogP contribution in [0.5, 0.6) is 17.2 Å². The Kier molecular flexibility index (Phi) is 6.89. The van der Waals surface area contributed by atoms with Crippen LogP contribution in [0.1, 0.15) is 12.5 Å². The number of carbonyl (C=O) groups excluding carboxylic acids is 1. The minimum Gasteiger partial charge on any atom is -0.497 e. The van der Waals surface area contributed by atoms with E-state index < -0.39 is 0 Å². The van der Waals surface area contributed by atoms with Crippen molar-refractivity contribution in [2.24, 2.45) is 0 Å². The number of carbonyl (C=O) groups is 1. The SMILES string of the molecule is CCOc1ccc(Br)cc1C=CC(=O)Nc1ccc(OC)cc1OC. The molecule has 5 nitrogen and oxygen atoms in total. The summed E-state index contributed by atoms with van der Waals surface area (Å²) in [5, 5.41) is 2.79. The molecular weight excluding hydrogens is 386 g/mol. The number of rotatable bonds is 7. The number of hydrogen-bond acceptors (Lipinski definition) is 4. The monoisotopic (exact) mass is 405 g/mol. The largest absolute Gasteiger partial charge is 0.497 e. The van der Waals surface area contributed by atoms with E-state index >= 15 is 0 Å². The molecule has 1 N–H and O–H groups in total. The average Bonchev–Trinajstić information content (AvgIpc) is 2.62. The van der Waals surface area contributed by atoms with Crippen LogP contribution in [-0.4, -0.2) is 26.7 Å². The Morgan fingerprint density at radius 2 is 1.92 bits per heavy atom. The number of hydrogen-bond donors (Lipinski definition) is 1. The standard InChI is InChI=1S/C19H20BrNO4/c1-4-25-17-9-6-14(20)11-13(17)5-10-19(22)21-16-8-7-15(23-2)12-18(16)24-3/h5-12H,4H2,1-3H3,(H,21,22). The summed E-state index contributed by atoms with van der Waals surface area (Å²) >= 11 is 3.42. The van der Waals surface area contributed by atoms with Gasteiger partial charge in [0.1, 0.15) is 17.2 Å². The maximum Gasteiger partial charge on any atom is 0.248 e. The van der Waals surface area contributed by atoms with Crippen molar-refractivity contribution in [1.29, 1.82) is 0 Å². The van der Waals surface area contributed by atoms with Gasteiger partial charge in [-0.15, -0.1) is 0 Å². The minimum absolute atomic E-state index is 0.272. The Balaban J connectivity index is 2.15. The Hall–Kier alpha value is -2.47. The second-order valence-corrected chi connectivity index (χ2v) is 5.92. The first kappa shape index (κ1) is 18.9. The Labute approximate surface area is 155 Å². The van der Waals surface area contributed by atoms with Gasteiger partial charge in [0, 0.05) is 22.2 Å². The molecule has 132 valence electrons. The molecule has 0 saturated carbocycles. The highest BCUT2D eigenvalue weighted by atomic mass is 79.9. The van der Waals surface area contributed by atoms with Crippen molar-refractivity contribution in [3.8, 4) is 17.2 Å². The van der Waals surface area contributed by atoms with Gasteiger partial charge in [-0.25, -0.2) is 0 Å². The molecule has 2 rings (SSSR count). The summed E-state index contributed by atoms with van der Waals surface area (Å²) in [6, 6.07) is 10.8. The summed E-state index contributed by atoms with van der Waals surface area (Å²) in [5.74, 6) is 1.63. The average molecular weight is 406 g/mol. The first-order chi connectivity index (χ1) is 12.1. The van der Waals surface area contributed by atoms with Crippen molar-refractivity contribution in [2.45, 2.75) is 6.92 Å². The molecule has 0 atom stereocenters. The van der Waals surface area contributed by atoms with E-state index in [0.29, 0.717) is 23.8 Å². The zero-order valence-corrected chi connectivity index (χ0v) is 15.9. The highest BCUT2D eigenvalue weighted by Gasteiger charge is 2.08. The van der Waals surface area contributed by atoms with Crippen LogP contribution in [0.3, 0.4) is 0 Å². The van der Waals surface area contributed by atoms with Crippen molar-refractivity contribution in [1.82, 2.24) is 0 Å². The molecule has 1 amide bonds. The maximum absolute atomic E-state index is 12.2. The topological polar surface area (TPSA) is 56.8 Å². The molecule has 25 heavy (non-hydrogen) atoms. The van der Waals surface area contributed by atoms with Crippen LogP contribution >= 0.6 is 15.9 Å². The van der Waals surface area contributed by atoms with Gasteiger partial charge in [0.25, 0.3) is 0 Å². The molecule has 6 heteroatoms. The Morgan fingerprint density at radius 3 is 2.60 bits per heavy atom. The van der Waals surface area contributed by atoms with E-state index in [1.807, 2.05) is 25.1 Å². The van der Waals surface area contributed by atoms with Gasteiger partial charge in [0.15, 0.2) is 0 Å². The molecule has 0 bridgehead atoms. The predicted octanol–water partition coefficient (Wildman–Crippen LogP) is 4.52. The van der Waals surface area contributed by atoms with Crippen LogP contribution in [0.2, 0.25) is 0 Å². The van der Waals surface area contributed by atoms with Crippen LogP contribution in [0.4, 0.5) is 5.69 Å². The number of halogens is 1. The molecule has 0 aliphatic heterocycles. The lowest BCUT2D eigenvalue weighted by Gasteiger charge is -2.10. The third kappa shape index (κ3) is 5.26. The van der Waals surface area contributed by atoms with Crippen LogP contribution < -0.4 is 19.5 Å². The van der Waals surface area contributed by atoms with E-state index in [0.717, 1.165) is 15.8 Å². The highest BCUT2D eigenvalue weighted by Crippen LogP contribution is 2.29. The molecule has 2 aromatic rings. The fourth-order valence-electron chi connectivity index (χ4n) is 2.18. The second-order valence-electron chi connectivity index (χ2n) is 5.00. The number of amides is 1. The minimum atomic E-state index is -0.272. The third-order valence-electron chi connectivity index (χ3n) is 3.35. The number of anilines is 1. The molecular formula is C19H20BrNO4. The van der Waals surface area contributed by atoms with Crippen molar-refractivity contribution in [2.75, 3.05) is 26.1 Å². The van der Waals surface area contributed by atoms with Gasteiger partial charge in [0.2, 0.25) is 5.91 Å². The van der Waals surface area contributed by atoms with E-state index in [1.54, 1.807) is 31.4 Å². The molecule has 2 aromatic carbocycles. The van der Waals surface area contributed by atoms with E-state index in [9.17, 15) is 4.79 Å². The summed E-state index contributed by atoms with van der Waals surface area (Å²) in [5.41, 5.74) is 1.38. The molecule has 0 aromatic heterocycles. The molecule has 0 spiro atoms. The first-order valence-electron chi connectivity index (χ1n) is 7.70. The lowest BCUT2D eigenvalue weighted by Crippen LogP contribution is -2.09. The normalized spacial score (nSPS) is 10.6. The lowest BCUT2D eigenvalue weighted by molar-refractivity contribution is -0.111. The maximum atomic E-state index is 12.2. The van der Waals surface area contributed by atoms with E-state index in [1.165, 1.54) is 13.2 Å². The van der Waals surface area contributed by atoms with Crippen LogP contribution in [0, 0.1) is 0 Å². The van der Waals surface area contributed by atoms with Gasteiger partial charge < -0.3 is 19.5 Å². The van der Waals surface area contributed by atoms with Crippen LogP contribution in [0.25, 0.3) is 6.08 Å². The molecule has 0 saturated heterocycles. The molecule has 0 aliphatic carbocycles. The van der Waals surface area contributed by atoms with Crippen molar-refractivity contribution >= 4 is 33.6 Å². The quantitative estimate of drug-likeness (QED) is 0.688. The molecule has 0 aliphatic rings. The van der Waals surface area contributed by atoms with Gasteiger partial charge in [-0.3, -0.25) is 4.79 Å². The highest BCUT2D eigenvalue weighted by molar-refractivity contribution is 9.10. The number of benzene rings is 2. The van der Waals surface area contributed by atoms with E-state index in [2.05, 4.69) is 21.2 Å². The number of ether oxygens (including phenoxy) is 3. The van der Waals surface area contributed by atoms with Gasteiger partial charge in [0.05, 0.1) is 26.5 Å². The van der Waals surface area contributed by atoms with E-state index in [4.69, 9.17) is 14.2 Å². The Morgan fingerprint density at radius 1 is 1.12 bits per heavy atom. The molecule has 0 radical (unpaired) electrons. The van der Waals surface area contributed by atoms with Gasteiger partial charge in [-0.1, -0.05) is 15.9 Å². The van der Waals surface area contributed by atoms with Gasteiger partial charge in [-0.2, -0.15) is 0 Å². The van der Waals surface area contributed by atoms with Crippen molar-refractivity contribution in [3.63, 3.8) is 0 Å². The fourth-order valence-corrected chi connectivity index (χ4v) is 2.56. The first-order valence-corrected chi connectivity index (χ1v) is 8.50.